The molecular weight excluding hydrogens is 487 g/mol. The number of aliphatic imine (C=N–C) groups is 1. The van der Waals surface area contributed by atoms with Crippen molar-refractivity contribution in [3.63, 3.8) is 0 Å². The van der Waals surface area contributed by atoms with Crippen molar-refractivity contribution in [3.05, 3.63) is 45.9 Å². The van der Waals surface area contributed by atoms with Gasteiger partial charge >= 0.3 is 0 Å². The van der Waals surface area contributed by atoms with E-state index in [0.717, 1.165) is 22.4 Å². The Morgan fingerprint density at radius 3 is 2.50 bits per heavy atom. The van der Waals surface area contributed by atoms with Gasteiger partial charge in [0.05, 0.1) is 18.3 Å². The van der Waals surface area contributed by atoms with Crippen LogP contribution < -0.4 is 10.1 Å². The van der Waals surface area contributed by atoms with Gasteiger partial charge in [-0.1, -0.05) is 12.1 Å². The van der Waals surface area contributed by atoms with Gasteiger partial charge in [0, 0.05) is 33.1 Å². The molecule has 1 aromatic carbocycles. The van der Waals surface area contributed by atoms with Crippen LogP contribution in [-0.4, -0.2) is 43.2 Å². The molecule has 1 aromatic heterocycles. The summed E-state index contributed by atoms with van der Waals surface area (Å²) in [7, 11) is 5.50. The van der Waals surface area contributed by atoms with Gasteiger partial charge in [-0.3, -0.25) is 4.99 Å². The normalized spacial score (nSPS) is 12.5. The fourth-order valence-electron chi connectivity index (χ4n) is 2.52. The average molecular weight is 518 g/mol. The molecule has 0 aliphatic rings. The zero-order valence-electron chi connectivity index (χ0n) is 17.4. The maximum atomic E-state index is 5.68. The third kappa shape index (κ3) is 7.56. The summed E-state index contributed by atoms with van der Waals surface area (Å²) in [5, 5.41) is 6.46. The molecule has 0 amide bonds. The molecule has 1 N–H and O–H groups in total. The first-order chi connectivity index (χ1) is 12.9. The minimum absolute atomic E-state index is 0. The second-order valence-corrected chi connectivity index (χ2v) is 7.51. The van der Waals surface area contributed by atoms with Crippen molar-refractivity contribution >= 4 is 41.3 Å². The highest BCUT2D eigenvalue weighted by atomic mass is 127. The van der Waals surface area contributed by atoms with Gasteiger partial charge in [-0.2, -0.15) is 0 Å². The van der Waals surface area contributed by atoms with Crippen molar-refractivity contribution in [3.8, 4) is 5.75 Å². The first kappa shape index (κ1) is 24.6. The molecule has 0 spiro atoms. The van der Waals surface area contributed by atoms with Gasteiger partial charge in [0.25, 0.3) is 0 Å². The Morgan fingerprint density at radius 1 is 1.25 bits per heavy atom. The fraction of sp³-hybridized carbons (Fsp3) is 0.500. The Labute approximate surface area is 189 Å². The lowest BCUT2D eigenvalue weighted by atomic mass is 10.2. The summed E-state index contributed by atoms with van der Waals surface area (Å²) in [6, 6.07) is 8.13. The second-order valence-electron chi connectivity index (χ2n) is 6.62. The number of hydrogen-bond donors (Lipinski definition) is 1. The maximum absolute atomic E-state index is 5.68. The van der Waals surface area contributed by atoms with E-state index in [1.807, 2.05) is 40.0 Å². The van der Waals surface area contributed by atoms with E-state index in [0.29, 0.717) is 13.1 Å². The van der Waals surface area contributed by atoms with Crippen LogP contribution in [0.15, 0.2) is 34.6 Å². The molecule has 2 aromatic rings. The molecule has 0 aliphatic carbocycles. The third-order valence-electron chi connectivity index (χ3n) is 3.99. The van der Waals surface area contributed by atoms with Crippen LogP contribution in [0.1, 0.15) is 43.1 Å². The number of nitrogens with one attached hydrogen (secondary N) is 1. The number of guanidine groups is 1. The number of methoxy groups -OCH3 is 1. The van der Waals surface area contributed by atoms with Crippen LogP contribution >= 0.6 is 35.3 Å². The SMILES string of the molecule is CN=C(NCc1ccc(OC(C)C)cc1)N(C)Cc1csc(C(C)OC)n1.I. The van der Waals surface area contributed by atoms with Gasteiger partial charge in [0.2, 0.25) is 0 Å². The number of thiazole rings is 1. The largest absolute Gasteiger partial charge is 0.491 e. The number of nitrogens with zero attached hydrogens (tertiary/aromatic N) is 3. The quantitative estimate of drug-likeness (QED) is 0.318. The number of halogens is 1. The Balaban J connectivity index is 0.00000392. The first-order valence-electron chi connectivity index (χ1n) is 9.07. The van der Waals surface area contributed by atoms with E-state index in [1.165, 1.54) is 5.56 Å². The van der Waals surface area contributed by atoms with Crippen LogP contribution in [0.2, 0.25) is 0 Å². The van der Waals surface area contributed by atoms with Crippen molar-refractivity contribution in [1.29, 1.82) is 0 Å². The number of rotatable bonds is 8. The van der Waals surface area contributed by atoms with Gasteiger partial charge in [0.1, 0.15) is 16.9 Å². The molecule has 1 unspecified atom stereocenters. The highest BCUT2D eigenvalue weighted by Crippen LogP contribution is 2.21. The van der Waals surface area contributed by atoms with E-state index >= 15 is 0 Å². The lowest BCUT2D eigenvalue weighted by Gasteiger charge is -2.21. The average Bonchev–Trinajstić information content (AvgIpc) is 3.11. The number of aromatic nitrogens is 1. The smallest absolute Gasteiger partial charge is 0.194 e. The molecule has 1 atom stereocenters. The number of hydrogen-bond acceptors (Lipinski definition) is 5. The van der Waals surface area contributed by atoms with E-state index in [4.69, 9.17) is 9.47 Å². The molecule has 8 heteroatoms. The van der Waals surface area contributed by atoms with Crippen molar-refractivity contribution < 1.29 is 9.47 Å². The summed E-state index contributed by atoms with van der Waals surface area (Å²) in [4.78, 5) is 11.1. The summed E-state index contributed by atoms with van der Waals surface area (Å²) in [5.41, 5.74) is 2.19. The van der Waals surface area contributed by atoms with Crippen molar-refractivity contribution in [2.45, 2.75) is 46.1 Å². The van der Waals surface area contributed by atoms with Crippen molar-refractivity contribution in [2.75, 3.05) is 21.2 Å². The van der Waals surface area contributed by atoms with E-state index in [1.54, 1.807) is 25.5 Å². The number of benzene rings is 1. The highest BCUT2D eigenvalue weighted by molar-refractivity contribution is 14.0. The molecule has 6 nitrogen and oxygen atoms in total. The van der Waals surface area contributed by atoms with Crippen molar-refractivity contribution in [1.82, 2.24) is 15.2 Å². The predicted molar refractivity (Wildman–Crippen MR) is 127 cm³/mol. The van der Waals surface area contributed by atoms with E-state index < -0.39 is 0 Å². The standard InChI is InChI=1S/C20H30N4O2S.HI/c1-14(2)26-18-9-7-16(8-10-18)11-22-20(21-4)24(5)12-17-13-27-19(23-17)15(3)25-6;/h7-10,13-15H,11-12H2,1-6H3,(H,21,22);1H. The fourth-order valence-corrected chi connectivity index (χ4v) is 3.37. The lowest BCUT2D eigenvalue weighted by Crippen LogP contribution is -2.38. The lowest BCUT2D eigenvalue weighted by molar-refractivity contribution is 0.119. The molecule has 0 saturated carbocycles. The number of ether oxygens (including phenoxy) is 2. The topological polar surface area (TPSA) is 59.0 Å². The summed E-state index contributed by atoms with van der Waals surface area (Å²) >= 11 is 1.62. The van der Waals surface area contributed by atoms with Crippen LogP contribution in [0.5, 0.6) is 5.75 Å². The Hall–Kier alpha value is -1.39. The van der Waals surface area contributed by atoms with Gasteiger partial charge < -0.3 is 19.7 Å². The Morgan fingerprint density at radius 2 is 1.93 bits per heavy atom. The Bertz CT molecular complexity index is 734. The molecule has 0 aliphatic heterocycles. The van der Waals surface area contributed by atoms with E-state index in [2.05, 4.69) is 37.7 Å². The minimum Gasteiger partial charge on any atom is -0.491 e. The molecule has 0 saturated heterocycles. The molecule has 1 heterocycles. The second kappa shape index (κ2) is 12.2. The molecule has 2 rings (SSSR count). The van der Waals surface area contributed by atoms with Gasteiger partial charge in [0.15, 0.2) is 5.96 Å². The summed E-state index contributed by atoms with van der Waals surface area (Å²) in [6.07, 6.45) is 0.202. The molecule has 28 heavy (non-hydrogen) atoms. The zero-order chi connectivity index (χ0) is 19.8. The van der Waals surface area contributed by atoms with Crippen LogP contribution in [0.3, 0.4) is 0 Å². The first-order valence-corrected chi connectivity index (χ1v) is 9.95. The molecule has 156 valence electrons. The monoisotopic (exact) mass is 518 g/mol. The van der Waals surface area contributed by atoms with Gasteiger partial charge in [-0.25, -0.2) is 4.98 Å². The van der Waals surface area contributed by atoms with Gasteiger partial charge in [-0.05, 0) is 38.5 Å². The summed E-state index contributed by atoms with van der Waals surface area (Å²) < 4.78 is 11.0. The van der Waals surface area contributed by atoms with Crippen LogP contribution in [0.4, 0.5) is 0 Å². The van der Waals surface area contributed by atoms with Gasteiger partial charge in [-0.15, -0.1) is 35.3 Å². The molecule has 0 fully saturated rings. The van der Waals surface area contributed by atoms with Crippen molar-refractivity contribution in [2.24, 2.45) is 4.99 Å². The minimum atomic E-state index is 0. The zero-order valence-corrected chi connectivity index (χ0v) is 20.6. The highest BCUT2D eigenvalue weighted by Gasteiger charge is 2.12. The third-order valence-corrected chi connectivity index (χ3v) is 5.04. The molecule has 0 radical (unpaired) electrons. The van der Waals surface area contributed by atoms with Crippen LogP contribution in [-0.2, 0) is 17.8 Å². The maximum Gasteiger partial charge on any atom is 0.194 e. The van der Waals surface area contributed by atoms with Crippen LogP contribution in [0.25, 0.3) is 0 Å². The van der Waals surface area contributed by atoms with Crippen LogP contribution in [0, 0.1) is 0 Å². The molecule has 0 bridgehead atoms. The van der Waals surface area contributed by atoms with E-state index in [9.17, 15) is 0 Å². The summed E-state index contributed by atoms with van der Waals surface area (Å²) in [6.45, 7) is 7.44. The predicted octanol–water partition coefficient (Wildman–Crippen LogP) is 4.46. The Kier molecular flexibility index (Phi) is 10.8. The molecular formula is C20H31IN4O2S. The van der Waals surface area contributed by atoms with E-state index in [-0.39, 0.29) is 36.2 Å². The summed E-state index contributed by atoms with van der Waals surface area (Å²) in [5.74, 6) is 1.71.